The number of halogens is 1. The second kappa shape index (κ2) is 10.4. The molecule has 10 heteroatoms. The molecule has 0 unspecified atom stereocenters. The Morgan fingerprint density at radius 3 is 2.18 bits per heavy atom. The van der Waals surface area contributed by atoms with E-state index in [4.69, 9.17) is 16.3 Å². The fourth-order valence-corrected chi connectivity index (χ4v) is 4.07. The van der Waals surface area contributed by atoms with Gasteiger partial charge in [0.1, 0.15) is 5.75 Å². The smallest absolute Gasteiger partial charge is 0.337 e. The van der Waals surface area contributed by atoms with Gasteiger partial charge < -0.3 is 14.8 Å². The van der Waals surface area contributed by atoms with E-state index in [2.05, 4.69) is 14.8 Å². The van der Waals surface area contributed by atoms with Crippen LogP contribution in [0.2, 0.25) is 5.02 Å². The van der Waals surface area contributed by atoms with E-state index in [9.17, 15) is 18.0 Å². The molecule has 3 aromatic rings. The molecule has 0 heterocycles. The van der Waals surface area contributed by atoms with E-state index in [0.29, 0.717) is 22.9 Å². The molecule has 0 aliphatic carbocycles. The van der Waals surface area contributed by atoms with E-state index < -0.39 is 21.9 Å². The van der Waals surface area contributed by atoms with Crippen molar-refractivity contribution in [2.24, 2.45) is 0 Å². The van der Waals surface area contributed by atoms with Crippen molar-refractivity contribution in [1.29, 1.82) is 0 Å². The Morgan fingerprint density at radius 2 is 1.58 bits per heavy atom. The molecule has 0 fully saturated rings. The van der Waals surface area contributed by atoms with Crippen molar-refractivity contribution in [3.63, 3.8) is 0 Å². The Labute approximate surface area is 196 Å². The van der Waals surface area contributed by atoms with Gasteiger partial charge in [-0.05, 0) is 73.7 Å². The minimum Gasteiger partial charge on any atom is -0.492 e. The highest BCUT2D eigenvalue weighted by Crippen LogP contribution is 2.29. The zero-order valence-corrected chi connectivity index (χ0v) is 19.4. The molecule has 0 spiro atoms. The molecule has 0 aliphatic heterocycles. The van der Waals surface area contributed by atoms with E-state index >= 15 is 0 Å². The number of hydrogen-bond donors (Lipinski definition) is 2. The lowest BCUT2D eigenvalue weighted by molar-refractivity contribution is 0.0600. The van der Waals surface area contributed by atoms with Gasteiger partial charge in [-0.25, -0.2) is 13.2 Å². The Balaban J connectivity index is 1.87. The Morgan fingerprint density at radius 1 is 0.939 bits per heavy atom. The normalized spacial score (nSPS) is 10.9. The van der Waals surface area contributed by atoms with Crippen LogP contribution in [-0.4, -0.2) is 34.0 Å². The molecule has 172 valence electrons. The molecule has 0 bridgehead atoms. The van der Waals surface area contributed by atoms with Crippen LogP contribution in [0, 0.1) is 0 Å². The highest BCUT2D eigenvalue weighted by atomic mass is 35.5. The van der Waals surface area contributed by atoms with Gasteiger partial charge in [0.2, 0.25) is 0 Å². The molecule has 3 aromatic carbocycles. The van der Waals surface area contributed by atoms with Gasteiger partial charge in [-0.1, -0.05) is 11.6 Å². The molecule has 3 rings (SSSR count). The predicted octanol–water partition coefficient (Wildman–Crippen LogP) is 4.58. The highest BCUT2D eigenvalue weighted by molar-refractivity contribution is 7.92. The largest absolute Gasteiger partial charge is 0.492 e. The summed E-state index contributed by atoms with van der Waals surface area (Å²) in [4.78, 5) is 24.1. The summed E-state index contributed by atoms with van der Waals surface area (Å²) in [5.74, 6) is -0.660. The lowest BCUT2D eigenvalue weighted by atomic mass is 10.2. The molecular weight excluding hydrogens is 468 g/mol. The maximum atomic E-state index is 12.9. The van der Waals surface area contributed by atoms with Crippen LogP contribution < -0.4 is 14.8 Å². The number of anilines is 2. The van der Waals surface area contributed by atoms with Crippen LogP contribution in [0.3, 0.4) is 0 Å². The topological polar surface area (TPSA) is 111 Å². The number of amides is 1. The Hall–Kier alpha value is -3.56. The van der Waals surface area contributed by atoms with Gasteiger partial charge in [0.05, 0.1) is 29.9 Å². The van der Waals surface area contributed by atoms with Crippen LogP contribution in [0.25, 0.3) is 0 Å². The van der Waals surface area contributed by atoms with Gasteiger partial charge >= 0.3 is 5.97 Å². The molecule has 0 radical (unpaired) electrons. The first-order chi connectivity index (χ1) is 15.7. The zero-order valence-electron chi connectivity index (χ0n) is 17.8. The van der Waals surface area contributed by atoms with Crippen LogP contribution >= 0.6 is 11.6 Å². The van der Waals surface area contributed by atoms with Gasteiger partial charge in [0, 0.05) is 16.3 Å². The summed E-state index contributed by atoms with van der Waals surface area (Å²) >= 11 is 5.86. The average Bonchev–Trinajstić information content (AvgIpc) is 2.80. The Kier molecular flexibility index (Phi) is 7.57. The molecule has 0 saturated heterocycles. The molecular formula is C23H21ClN2O6S. The van der Waals surface area contributed by atoms with Crippen molar-refractivity contribution in [3.8, 4) is 5.75 Å². The first-order valence-corrected chi connectivity index (χ1v) is 11.6. The number of nitrogens with one attached hydrogen (secondary N) is 2. The van der Waals surface area contributed by atoms with E-state index in [0.717, 1.165) is 0 Å². The summed E-state index contributed by atoms with van der Waals surface area (Å²) in [7, 11) is -2.74. The standard InChI is InChI=1S/C23H21ClN2O6S/c1-3-32-21-13-12-19(14-20(21)25-22(27)15-4-8-17(24)9-5-15)33(29,30)26-18-10-6-16(7-11-18)23(28)31-2/h4-14,26H,3H2,1-2H3,(H,25,27). The van der Waals surface area contributed by atoms with E-state index in [1.807, 2.05) is 0 Å². The minimum atomic E-state index is -4.00. The van der Waals surface area contributed by atoms with Crippen LogP contribution in [-0.2, 0) is 14.8 Å². The second-order valence-electron chi connectivity index (χ2n) is 6.73. The number of benzene rings is 3. The number of carbonyl (C=O) groups excluding carboxylic acids is 2. The SMILES string of the molecule is CCOc1ccc(S(=O)(=O)Nc2ccc(C(=O)OC)cc2)cc1NC(=O)c1ccc(Cl)cc1. The molecule has 1 amide bonds. The molecule has 8 nitrogen and oxygen atoms in total. The molecule has 0 atom stereocenters. The van der Waals surface area contributed by atoms with Crippen molar-refractivity contribution in [2.75, 3.05) is 23.8 Å². The number of carbonyl (C=O) groups is 2. The third-order valence-corrected chi connectivity index (χ3v) is 6.10. The van der Waals surface area contributed by atoms with E-state index in [1.165, 1.54) is 49.6 Å². The number of hydrogen-bond acceptors (Lipinski definition) is 6. The first kappa shape index (κ1) is 24.1. The number of rotatable bonds is 8. The highest BCUT2D eigenvalue weighted by Gasteiger charge is 2.19. The van der Waals surface area contributed by atoms with Crippen molar-refractivity contribution < 1.29 is 27.5 Å². The summed E-state index contributed by atoms with van der Waals surface area (Å²) in [5.41, 5.74) is 1.08. The van der Waals surface area contributed by atoms with Gasteiger partial charge in [-0.2, -0.15) is 0 Å². The van der Waals surface area contributed by atoms with Crippen LogP contribution in [0.15, 0.2) is 71.6 Å². The van der Waals surface area contributed by atoms with Crippen LogP contribution in [0.4, 0.5) is 11.4 Å². The van der Waals surface area contributed by atoms with Crippen molar-refractivity contribution in [2.45, 2.75) is 11.8 Å². The maximum Gasteiger partial charge on any atom is 0.337 e. The van der Waals surface area contributed by atoms with Crippen molar-refractivity contribution in [3.05, 3.63) is 82.9 Å². The lowest BCUT2D eigenvalue weighted by Crippen LogP contribution is -2.16. The molecule has 33 heavy (non-hydrogen) atoms. The average molecular weight is 489 g/mol. The third kappa shape index (κ3) is 6.03. The summed E-state index contributed by atoms with van der Waals surface area (Å²) in [6.07, 6.45) is 0. The van der Waals surface area contributed by atoms with Gasteiger partial charge in [-0.15, -0.1) is 0 Å². The number of sulfonamides is 1. The summed E-state index contributed by atoms with van der Waals surface area (Å²) in [6.45, 7) is 2.09. The molecule has 0 saturated carbocycles. The summed E-state index contributed by atoms with van der Waals surface area (Å²) in [5, 5.41) is 3.17. The lowest BCUT2D eigenvalue weighted by Gasteiger charge is -2.14. The zero-order chi connectivity index (χ0) is 24.0. The second-order valence-corrected chi connectivity index (χ2v) is 8.85. The number of methoxy groups -OCH3 is 1. The predicted molar refractivity (Wildman–Crippen MR) is 126 cm³/mol. The first-order valence-electron chi connectivity index (χ1n) is 9.78. The third-order valence-electron chi connectivity index (χ3n) is 4.47. The van der Waals surface area contributed by atoms with E-state index in [1.54, 1.807) is 31.2 Å². The van der Waals surface area contributed by atoms with Gasteiger partial charge in [0.25, 0.3) is 15.9 Å². The van der Waals surface area contributed by atoms with Gasteiger partial charge in [-0.3, -0.25) is 9.52 Å². The van der Waals surface area contributed by atoms with Crippen molar-refractivity contribution in [1.82, 2.24) is 0 Å². The number of esters is 1. The summed E-state index contributed by atoms with van der Waals surface area (Å²) < 4.78 is 38.4. The minimum absolute atomic E-state index is 0.0885. The van der Waals surface area contributed by atoms with Crippen molar-refractivity contribution >= 4 is 44.9 Å². The summed E-state index contributed by atoms with van der Waals surface area (Å²) in [6, 6.07) is 16.2. The quantitative estimate of drug-likeness (QED) is 0.449. The van der Waals surface area contributed by atoms with Gasteiger partial charge in [0.15, 0.2) is 0 Å². The molecule has 0 aromatic heterocycles. The van der Waals surface area contributed by atoms with Crippen LogP contribution in [0.5, 0.6) is 5.75 Å². The van der Waals surface area contributed by atoms with E-state index in [-0.39, 0.29) is 21.8 Å². The fourth-order valence-electron chi connectivity index (χ4n) is 2.86. The molecule has 0 aliphatic rings. The maximum absolute atomic E-state index is 12.9. The van der Waals surface area contributed by atoms with Crippen LogP contribution in [0.1, 0.15) is 27.6 Å². The number of ether oxygens (including phenoxy) is 2. The monoisotopic (exact) mass is 488 g/mol. The molecule has 2 N–H and O–H groups in total. The Bertz CT molecular complexity index is 1260. The fraction of sp³-hybridized carbons (Fsp3) is 0.130.